The first kappa shape index (κ1) is 16.8. The Bertz CT molecular complexity index is 729. The topological polar surface area (TPSA) is 54.5 Å². The number of fused-ring (bicyclic) bond motifs is 1. The lowest BCUT2D eigenvalue weighted by atomic mass is 10.1. The van der Waals surface area contributed by atoms with Crippen LogP contribution in [0.5, 0.6) is 5.75 Å². The van der Waals surface area contributed by atoms with E-state index in [1.165, 1.54) is 11.1 Å². The normalized spacial score (nSPS) is 15.9. The SMILES string of the molecule is CCOc1cccc2c1CC[C@@H]2NC(=O)N(C)Cc1nc(C)cs1. The van der Waals surface area contributed by atoms with Gasteiger partial charge in [-0.1, -0.05) is 12.1 Å². The highest BCUT2D eigenvalue weighted by molar-refractivity contribution is 7.09. The van der Waals surface area contributed by atoms with Gasteiger partial charge in [-0.05, 0) is 43.9 Å². The molecular weight excluding hydrogens is 322 g/mol. The van der Waals surface area contributed by atoms with E-state index in [-0.39, 0.29) is 12.1 Å². The lowest BCUT2D eigenvalue weighted by Crippen LogP contribution is -2.38. The Hall–Kier alpha value is -2.08. The minimum atomic E-state index is -0.0671. The molecule has 0 radical (unpaired) electrons. The van der Waals surface area contributed by atoms with E-state index in [2.05, 4.69) is 16.4 Å². The first-order valence-corrected chi connectivity index (χ1v) is 9.13. The molecule has 0 spiro atoms. The second-order valence-electron chi connectivity index (χ2n) is 6.04. The van der Waals surface area contributed by atoms with Crippen molar-refractivity contribution in [2.24, 2.45) is 0 Å². The summed E-state index contributed by atoms with van der Waals surface area (Å²) < 4.78 is 5.70. The number of rotatable bonds is 5. The Morgan fingerprint density at radius 3 is 3.04 bits per heavy atom. The van der Waals surface area contributed by atoms with Gasteiger partial charge in [0.2, 0.25) is 0 Å². The average Bonchev–Trinajstić information content (AvgIpc) is 3.15. The monoisotopic (exact) mass is 345 g/mol. The molecular formula is C18H23N3O2S. The van der Waals surface area contributed by atoms with Crippen molar-refractivity contribution in [3.8, 4) is 5.75 Å². The number of aryl methyl sites for hydroxylation is 1. The maximum absolute atomic E-state index is 12.5. The van der Waals surface area contributed by atoms with Crippen molar-refractivity contribution in [1.29, 1.82) is 0 Å². The van der Waals surface area contributed by atoms with Crippen LogP contribution in [0.25, 0.3) is 0 Å². The zero-order chi connectivity index (χ0) is 17.1. The Morgan fingerprint density at radius 2 is 2.33 bits per heavy atom. The average molecular weight is 345 g/mol. The molecule has 0 saturated carbocycles. The number of aromatic nitrogens is 1. The molecule has 24 heavy (non-hydrogen) atoms. The van der Waals surface area contributed by atoms with Crippen LogP contribution >= 0.6 is 11.3 Å². The second kappa shape index (κ2) is 7.21. The van der Waals surface area contributed by atoms with Crippen molar-refractivity contribution in [3.05, 3.63) is 45.4 Å². The highest BCUT2D eigenvalue weighted by Crippen LogP contribution is 2.37. The molecule has 1 aliphatic carbocycles. The van der Waals surface area contributed by atoms with Crippen LogP contribution in [0, 0.1) is 6.92 Å². The third-order valence-corrected chi connectivity index (χ3v) is 5.16. The van der Waals surface area contributed by atoms with Crippen LogP contribution in [0.2, 0.25) is 0 Å². The van der Waals surface area contributed by atoms with Crippen LogP contribution in [-0.2, 0) is 13.0 Å². The van der Waals surface area contributed by atoms with Crippen molar-refractivity contribution in [2.75, 3.05) is 13.7 Å². The Balaban J connectivity index is 1.65. The number of nitrogens with one attached hydrogen (secondary N) is 1. The van der Waals surface area contributed by atoms with Crippen molar-refractivity contribution >= 4 is 17.4 Å². The van der Waals surface area contributed by atoms with E-state index >= 15 is 0 Å². The summed E-state index contributed by atoms with van der Waals surface area (Å²) in [6.45, 7) is 5.14. The Kier molecular flexibility index (Phi) is 5.04. The highest BCUT2D eigenvalue weighted by atomic mass is 32.1. The molecule has 1 heterocycles. The van der Waals surface area contributed by atoms with E-state index in [4.69, 9.17) is 4.74 Å². The van der Waals surface area contributed by atoms with E-state index in [0.717, 1.165) is 29.3 Å². The van der Waals surface area contributed by atoms with Gasteiger partial charge < -0.3 is 15.0 Å². The van der Waals surface area contributed by atoms with Crippen LogP contribution in [-0.4, -0.2) is 29.6 Å². The summed E-state index contributed by atoms with van der Waals surface area (Å²) in [7, 11) is 1.80. The number of hydrogen-bond donors (Lipinski definition) is 1. The predicted octanol–water partition coefficient (Wildman–Crippen LogP) is 3.68. The maximum atomic E-state index is 12.5. The highest BCUT2D eigenvalue weighted by Gasteiger charge is 2.27. The van der Waals surface area contributed by atoms with Gasteiger partial charge in [0.15, 0.2) is 0 Å². The first-order chi connectivity index (χ1) is 11.6. The molecule has 1 aromatic carbocycles. The third kappa shape index (κ3) is 3.53. The van der Waals surface area contributed by atoms with Crippen LogP contribution < -0.4 is 10.1 Å². The smallest absolute Gasteiger partial charge is 0.318 e. The van der Waals surface area contributed by atoms with E-state index < -0.39 is 0 Å². The Labute approximate surface area is 146 Å². The fraction of sp³-hybridized carbons (Fsp3) is 0.444. The third-order valence-electron chi connectivity index (χ3n) is 4.21. The Morgan fingerprint density at radius 1 is 1.50 bits per heavy atom. The fourth-order valence-corrected chi connectivity index (χ4v) is 3.89. The molecule has 6 heteroatoms. The number of thiazole rings is 1. The maximum Gasteiger partial charge on any atom is 0.318 e. The zero-order valence-corrected chi connectivity index (χ0v) is 15.2. The lowest BCUT2D eigenvalue weighted by Gasteiger charge is -2.21. The summed E-state index contributed by atoms with van der Waals surface area (Å²) >= 11 is 1.58. The molecule has 0 fully saturated rings. The molecule has 5 nitrogen and oxygen atoms in total. The molecule has 1 atom stereocenters. The number of carbonyl (C=O) groups is 1. The zero-order valence-electron chi connectivity index (χ0n) is 14.3. The number of hydrogen-bond acceptors (Lipinski definition) is 4. The van der Waals surface area contributed by atoms with E-state index in [1.54, 1.807) is 23.3 Å². The van der Waals surface area contributed by atoms with Gasteiger partial charge in [0.25, 0.3) is 0 Å². The molecule has 0 saturated heterocycles. The first-order valence-electron chi connectivity index (χ1n) is 8.25. The minimum Gasteiger partial charge on any atom is -0.494 e. The van der Waals surface area contributed by atoms with Gasteiger partial charge in [0, 0.05) is 18.1 Å². The van der Waals surface area contributed by atoms with E-state index in [1.807, 2.05) is 31.4 Å². The molecule has 0 bridgehead atoms. The second-order valence-corrected chi connectivity index (χ2v) is 6.98. The molecule has 2 amide bonds. The van der Waals surface area contributed by atoms with Crippen molar-refractivity contribution in [3.63, 3.8) is 0 Å². The summed E-state index contributed by atoms with van der Waals surface area (Å²) in [4.78, 5) is 18.6. The largest absolute Gasteiger partial charge is 0.494 e. The van der Waals surface area contributed by atoms with Gasteiger partial charge in [0.1, 0.15) is 10.8 Å². The fourth-order valence-electron chi connectivity index (χ4n) is 3.07. The number of urea groups is 1. The molecule has 1 N–H and O–H groups in total. The van der Waals surface area contributed by atoms with Gasteiger partial charge in [-0.2, -0.15) is 0 Å². The number of nitrogens with zero attached hydrogens (tertiary/aromatic N) is 2. The lowest BCUT2D eigenvalue weighted by molar-refractivity contribution is 0.202. The quantitative estimate of drug-likeness (QED) is 0.899. The van der Waals surface area contributed by atoms with Gasteiger partial charge in [-0.3, -0.25) is 0 Å². The number of amides is 2. The molecule has 3 rings (SSSR count). The summed E-state index contributed by atoms with van der Waals surface area (Å²) in [6.07, 6.45) is 1.85. The number of benzene rings is 1. The van der Waals surface area contributed by atoms with Crippen LogP contribution in [0.3, 0.4) is 0 Å². The van der Waals surface area contributed by atoms with E-state index in [0.29, 0.717) is 13.2 Å². The van der Waals surface area contributed by atoms with Crippen molar-refractivity contribution in [1.82, 2.24) is 15.2 Å². The van der Waals surface area contributed by atoms with Crippen LogP contribution in [0.1, 0.15) is 41.2 Å². The van der Waals surface area contributed by atoms with Gasteiger partial charge in [0.05, 0.1) is 19.2 Å². The minimum absolute atomic E-state index is 0.0494. The molecule has 1 aromatic heterocycles. The van der Waals surface area contributed by atoms with E-state index in [9.17, 15) is 4.79 Å². The molecule has 128 valence electrons. The molecule has 0 unspecified atom stereocenters. The van der Waals surface area contributed by atoms with Gasteiger partial charge >= 0.3 is 6.03 Å². The molecule has 0 aliphatic heterocycles. The summed E-state index contributed by atoms with van der Waals surface area (Å²) in [5, 5.41) is 6.10. The summed E-state index contributed by atoms with van der Waals surface area (Å²) in [5.41, 5.74) is 3.40. The molecule has 2 aromatic rings. The number of carbonyl (C=O) groups excluding carboxylic acids is 1. The van der Waals surface area contributed by atoms with Gasteiger partial charge in [-0.15, -0.1) is 11.3 Å². The summed E-state index contributed by atoms with van der Waals surface area (Å²) in [5.74, 6) is 0.943. The van der Waals surface area contributed by atoms with Crippen molar-refractivity contribution < 1.29 is 9.53 Å². The molecule has 1 aliphatic rings. The van der Waals surface area contributed by atoms with Crippen LogP contribution in [0.4, 0.5) is 4.79 Å². The number of ether oxygens (including phenoxy) is 1. The van der Waals surface area contributed by atoms with Crippen molar-refractivity contribution in [2.45, 2.75) is 39.3 Å². The van der Waals surface area contributed by atoms with Crippen LogP contribution in [0.15, 0.2) is 23.6 Å². The predicted molar refractivity (Wildman–Crippen MR) is 95.5 cm³/mol. The summed E-state index contributed by atoms with van der Waals surface area (Å²) in [6, 6.07) is 6.07. The van der Waals surface area contributed by atoms with Gasteiger partial charge in [-0.25, -0.2) is 9.78 Å². The standard InChI is InChI=1S/C18H23N3O2S/c1-4-23-16-7-5-6-13-14(16)8-9-15(13)20-18(22)21(3)10-17-19-12(2)11-24-17/h5-7,11,15H,4,8-10H2,1-3H3,(H,20,22)/t15-/m0/s1.